The van der Waals surface area contributed by atoms with E-state index >= 15 is 0 Å². The fraction of sp³-hybridized carbons (Fsp3) is 0.424. The summed E-state index contributed by atoms with van der Waals surface area (Å²) in [6, 6.07) is 10.2. The fourth-order valence-electron chi connectivity index (χ4n) is 5.03. The number of carbonyl (C=O) groups is 2. The van der Waals surface area contributed by atoms with Gasteiger partial charge < -0.3 is 29.8 Å². The lowest BCUT2D eigenvalue weighted by Gasteiger charge is -2.13. The van der Waals surface area contributed by atoms with Crippen LogP contribution in [0.25, 0.3) is 21.8 Å². The highest BCUT2D eigenvalue weighted by Crippen LogP contribution is 2.37. The maximum atomic E-state index is 13.2. The standard InChI is InChI=1S/C17H21F3N2O2.C16H20F3N5O/c1-4-24-16(23)15-11-12-13(17(18,19)20)7-5-8-14(12)22(15)10-6-9-21(2)3;1-24(2)8-4-7-21-15(20)23-14(25)13-9-10-11(16(17,18)19)5-3-6-12(10)22-13/h5,7-8,11H,4,6,9-10H2,1-3H3;3,5-6,9,22H,4,7-8H2,1-2H3,(H3,20,21,23,25). The van der Waals surface area contributed by atoms with Gasteiger partial charge in [-0.1, -0.05) is 12.1 Å². The topological polar surface area (TPSA) is 121 Å². The number of hydrogen-bond donors (Lipinski definition) is 3. The monoisotopic (exact) mass is 697 g/mol. The predicted molar refractivity (Wildman–Crippen MR) is 176 cm³/mol. The zero-order valence-corrected chi connectivity index (χ0v) is 27.9. The van der Waals surface area contributed by atoms with Crippen LogP contribution in [0.5, 0.6) is 0 Å². The van der Waals surface area contributed by atoms with Gasteiger partial charge in [0, 0.05) is 34.9 Å². The number of nitrogens with two attached hydrogens (primary N) is 1. The number of alkyl halides is 6. The largest absolute Gasteiger partial charge is 0.461 e. The number of carbonyl (C=O) groups excluding carboxylic acids is 2. The summed E-state index contributed by atoms with van der Waals surface area (Å²) >= 11 is 0. The van der Waals surface area contributed by atoms with E-state index < -0.39 is 35.4 Å². The van der Waals surface area contributed by atoms with E-state index in [9.17, 15) is 35.9 Å². The molecule has 0 unspecified atom stereocenters. The van der Waals surface area contributed by atoms with Crippen molar-refractivity contribution in [2.24, 2.45) is 10.7 Å². The molecular weight excluding hydrogens is 656 g/mol. The SMILES string of the molecule is CCOC(=O)c1cc2c(C(F)(F)F)cccc2n1CCCN(C)C.CN(C)CCCN=C(N)NC(=O)c1cc2c(C(F)(F)F)cccc2[nH]1. The first-order valence-corrected chi connectivity index (χ1v) is 15.4. The minimum absolute atomic E-state index is 0.0156. The third-order valence-electron chi connectivity index (χ3n) is 7.22. The first-order valence-electron chi connectivity index (χ1n) is 15.4. The number of halogens is 6. The number of esters is 1. The number of aromatic amines is 1. The van der Waals surface area contributed by atoms with Crippen LogP contribution in [-0.2, 0) is 23.6 Å². The zero-order chi connectivity index (χ0) is 36.5. The first-order chi connectivity index (χ1) is 22.9. The second-order valence-electron chi connectivity index (χ2n) is 11.6. The van der Waals surface area contributed by atoms with Gasteiger partial charge in [0.15, 0.2) is 5.96 Å². The average Bonchev–Trinajstić information content (AvgIpc) is 3.61. The van der Waals surface area contributed by atoms with E-state index in [1.54, 1.807) is 17.6 Å². The number of rotatable bonds is 11. The number of amides is 1. The molecule has 1 amide bonds. The Kier molecular flexibility index (Phi) is 13.2. The van der Waals surface area contributed by atoms with Crippen LogP contribution < -0.4 is 11.1 Å². The lowest BCUT2D eigenvalue weighted by molar-refractivity contribution is -0.137. The minimum atomic E-state index is -4.50. The van der Waals surface area contributed by atoms with Crippen LogP contribution in [0, 0.1) is 0 Å². The fourth-order valence-corrected chi connectivity index (χ4v) is 5.03. The summed E-state index contributed by atoms with van der Waals surface area (Å²) in [5.41, 5.74) is 4.85. The highest BCUT2D eigenvalue weighted by Gasteiger charge is 2.34. The molecule has 0 spiro atoms. The number of guanidine groups is 1. The minimum Gasteiger partial charge on any atom is -0.461 e. The van der Waals surface area contributed by atoms with Gasteiger partial charge in [-0.15, -0.1) is 0 Å². The summed E-state index contributed by atoms with van der Waals surface area (Å²) in [5, 5.41) is 2.32. The molecule has 0 aliphatic carbocycles. The Bertz CT molecular complexity index is 1760. The third-order valence-corrected chi connectivity index (χ3v) is 7.22. The highest BCUT2D eigenvalue weighted by molar-refractivity contribution is 6.06. The zero-order valence-electron chi connectivity index (χ0n) is 27.9. The van der Waals surface area contributed by atoms with E-state index in [2.05, 4.69) is 15.3 Å². The van der Waals surface area contributed by atoms with Crippen LogP contribution in [-0.4, -0.2) is 91.6 Å². The molecule has 0 saturated heterocycles. The first kappa shape index (κ1) is 38.9. The van der Waals surface area contributed by atoms with Crippen LogP contribution in [0.1, 0.15) is 51.9 Å². The number of ether oxygens (including phenoxy) is 1. The second-order valence-corrected chi connectivity index (χ2v) is 11.6. The van der Waals surface area contributed by atoms with Crippen molar-refractivity contribution in [1.82, 2.24) is 24.7 Å². The van der Waals surface area contributed by atoms with E-state index in [0.29, 0.717) is 25.0 Å². The molecule has 0 aliphatic rings. The molecule has 0 aliphatic heterocycles. The van der Waals surface area contributed by atoms with Gasteiger partial charge in [0.05, 0.1) is 17.7 Å². The molecule has 4 N–H and O–H groups in total. The van der Waals surface area contributed by atoms with Crippen LogP contribution in [0.15, 0.2) is 53.5 Å². The van der Waals surface area contributed by atoms with Crippen molar-refractivity contribution in [3.63, 3.8) is 0 Å². The van der Waals surface area contributed by atoms with Gasteiger partial charge in [0.1, 0.15) is 11.4 Å². The Morgan fingerprint density at radius 3 is 2.08 bits per heavy atom. The van der Waals surface area contributed by atoms with Gasteiger partial charge in [-0.3, -0.25) is 15.1 Å². The lowest BCUT2D eigenvalue weighted by atomic mass is 10.1. The van der Waals surface area contributed by atoms with Crippen LogP contribution in [0.4, 0.5) is 26.3 Å². The Labute approximate surface area is 279 Å². The number of aliphatic imine (C=N–C) groups is 1. The van der Waals surface area contributed by atoms with Crippen molar-refractivity contribution >= 4 is 39.6 Å². The van der Waals surface area contributed by atoms with Crippen LogP contribution >= 0.6 is 0 Å². The summed E-state index contributed by atoms with van der Waals surface area (Å²) in [6.45, 7) is 4.31. The molecule has 0 saturated carbocycles. The van der Waals surface area contributed by atoms with Crippen molar-refractivity contribution in [1.29, 1.82) is 0 Å². The van der Waals surface area contributed by atoms with E-state index in [0.717, 1.165) is 37.7 Å². The smallest absolute Gasteiger partial charge is 0.417 e. The molecule has 4 aromatic rings. The van der Waals surface area contributed by atoms with Crippen molar-refractivity contribution < 1.29 is 40.7 Å². The molecule has 2 heterocycles. The number of aromatic nitrogens is 2. The van der Waals surface area contributed by atoms with Crippen molar-refractivity contribution in [2.45, 2.75) is 38.7 Å². The van der Waals surface area contributed by atoms with E-state index in [4.69, 9.17) is 10.5 Å². The number of fused-ring (bicyclic) bond motifs is 2. The van der Waals surface area contributed by atoms with E-state index in [-0.39, 0.29) is 40.2 Å². The van der Waals surface area contributed by atoms with Gasteiger partial charge >= 0.3 is 18.3 Å². The second kappa shape index (κ2) is 16.7. The van der Waals surface area contributed by atoms with Gasteiger partial charge in [0.2, 0.25) is 0 Å². The average molecular weight is 698 g/mol. The molecule has 2 aromatic carbocycles. The Morgan fingerprint density at radius 2 is 1.49 bits per heavy atom. The van der Waals surface area contributed by atoms with Crippen LogP contribution in [0.3, 0.4) is 0 Å². The highest BCUT2D eigenvalue weighted by atomic mass is 19.4. The van der Waals surface area contributed by atoms with Crippen molar-refractivity contribution in [3.05, 3.63) is 71.0 Å². The van der Waals surface area contributed by atoms with Gasteiger partial charge in [-0.2, -0.15) is 26.3 Å². The number of aryl methyl sites for hydroxylation is 1. The molecule has 2 aromatic heterocycles. The molecule has 0 atom stereocenters. The predicted octanol–water partition coefficient (Wildman–Crippen LogP) is 5.97. The summed E-state index contributed by atoms with van der Waals surface area (Å²) in [4.78, 5) is 34.9. The summed E-state index contributed by atoms with van der Waals surface area (Å²) in [6.07, 6.45) is -7.49. The molecule has 10 nitrogen and oxygen atoms in total. The van der Waals surface area contributed by atoms with Crippen molar-refractivity contribution in [3.8, 4) is 0 Å². The van der Waals surface area contributed by atoms with Crippen molar-refractivity contribution in [2.75, 3.05) is 54.4 Å². The molecule has 268 valence electrons. The normalized spacial score (nSPS) is 12.5. The Hall–Kier alpha value is -4.57. The third kappa shape index (κ3) is 10.7. The lowest BCUT2D eigenvalue weighted by Crippen LogP contribution is -2.37. The molecule has 4 rings (SSSR count). The molecule has 16 heteroatoms. The van der Waals surface area contributed by atoms with E-state index in [1.165, 1.54) is 24.3 Å². The number of nitrogens with zero attached hydrogens (tertiary/aromatic N) is 4. The molecule has 49 heavy (non-hydrogen) atoms. The summed E-state index contributed by atoms with van der Waals surface area (Å²) in [7, 11) is 7.70. The Morgan fingerprint density at radius 1 is 0.898 bits per heavy atom. The maximum absolute atomic E-state index is 13.2. The van der Waals surface area contributed by atoms with Gasteiger partial charge in [-0.05, 0) is 97.4 Å². The van der Waals surface area contributed by atoms with Crippen LogP contribution in [0.2, 0.25) is 0 Å². The molecule has 0 fully saturated rings. The summed E-state index contributed by atoms with van der Waals surface area (Å²) < 4.78 is 85.4. The summed E-state index contributed by atoms with van der Waals surface area (Å²) in [5.74, 6) is -1.32. The number of hydrogen-bond acceptors (Lipinski definition) is 6. The maximum Gasteiger partial charge on any atom is 0.417 e. The molecular formula is C33H41F6N7O3. The number of H-pyrrole nitrogens is 1. The molecule has 0 bridgehead atoms. The Balaban J connectivity index is 0.000000266. The number of nitrogens with one attached hydrogen (secondary N) is 2. The molecule has 0 radical (unpaired) electrons. The van der Waals surface area contributed by atoms with Gasteiger partial charge in [0.25, 0.3) is 5.91 Å². The van der Waals surface area contributed by atoms with Gasteiger partial charge in [-0.25, -0.2) is 4.79 Å². The quantitative estimate of drug-likeness (QED) is 0.0584. The van der Waals surface area contributed by atoms with E-state index in [1.807, 2.05) is 38.0 Å². The number of benzene rings is 2.